The number of ether oxygens (including phenoxy) is 1. The van der Waals surface area contributed by atoms with Crippen LogP contribution in [0.5, 0.6) is 5.75 Å². The van der Waals surface area contributed by atoms with Crippen molar-refractivity contribution in [3.05, 3.63) is 58.0 Å². The maximum absolute atomic E-state index is 12.0. The summed E-state index contributed by atoms with van der Waals surface area (Å²) in [6.45, 7) is 2.73. The van der Waals surface area contributed by atoms with Crippen molar-refractivity contribution in [2.24, 2.45) is 0 Å². The van der Waals surface area contributed by atoms with E-state index < -0.39 is 0 Å². The molecule has 0 aliphatic rings. The molecular formula is C19H24N2O3S. The highest BCUT2D eigenvalue weighted by Gasteiger charge is 2.06. The molecule has 134 valence electrons. The number of rotatable bonds is 8. The molecule has 1 aromatic carbocycles. The molecule has 1 heterocycles. The summed E-state index contributed by atoms with van der Waals surface area (Å²) in [6, 6.07) is 11.5. The van der Waals surface area contributed by atoms with Gasteiger partial charge in [-0.1, -0.05) is 12.1 Å². The summed E-state index contributed by atoms with van der Waals surface area (Å²) in [4.78, 5) is 25.2. The Labute approximate surface area is 152 Å². The highest BCUT2D eigenvalue weighted by molar-refractivity contribution is 7.98. The topological polar surface area (TPSA) is 60.3 Å². The zero-order valence-corrected chi connectivity index (χ0v) is 15.7. The number of thioether (sulfide) groups is 1. The van der Waals surface area contributed by atoms with Crippen LogP contribution in [0, 0.1) is 6.92 Å². The summed E-state index contributed by atoms with van der Waals surface area (Å²) in [6.07, 6.45) is 3.19. The Kier molecular flexibility index (Phi) is 7.13. The molecule has 0 fully saturated rings. The molecule has 5 nitrogen and oxygen atoms in total. The van der Waals surface area contributed by atoms with E-state index in [1.54, 1.807) is 16.3 Å². The van der Waals surface area contributed by atoms with Gasteiger partial charge in [0.2, 0.25) is 5.91 Å². The number of aromatic nitrogens is 1. The van der Waals surface area contributed by atoms with Crippen molar-refractivity contribution in [2.75, 3.05) is 19.9 Å². The first-order chi connectivity index (χ1) is 12.0. The molecule has 0 saturated carbocycles. The first-order valence-electron chi connectivity index (χ1n) is 8.18. The molecule has 1 N–H and O–H groups in total. The number of aryl methyl sites for hydroxylation is 2. The first-order valence-corrected chi connectivity index (χ1v) is 9.41. The molecule has 6 heteroatoms. The Morgan fingerprint density at radius 1 is 1.24 bits per heavy atom. The van der Waals surface area contributed by atoms with Crippen LogP contribution in [0.3, 0.4) is 0 Å². The third-order valence-electron chi connectivity index (χ3n) is 4.00. The normalized spacial score (nSPS) is 10.5. The highest BCUT2D eigenvalue weighted by atomic mass is 32.2. The molecule has 0 radical (unpaired) electrons. The van der Waals surface area contributed by atoms with Crippen LogP contribution in [0.2, 0.25) is 0 Å². The number of hydrogen-bond donors (Lipinski definition) is 1. The second kappa shape index (κ2) is 9.32. The third kappa shape index (κ3) is 5.67. The number of benzene rings is 1. The molecule has 0 saturated heterocycles. The minimum atomic E-state index is -0.125. The van der Waals surface area contributed by atoms with Crippen molar-refractivity contribution in [1.82, 2.24) is 9.88 Å². The van der Waals surface area contributed by atoms with Crippen molar-refractivity contribution in [3.63, 3.8) is 0 Å². The monoisotopic (exact) mass is 360 g/mol. The number of carbonyl (C=O) groups excluding carboxylic acids is 1. The van der Waals surface area contributed by atoms with Crippen molar-refractivity contribution < 1.29 is 9.53 Å². The maximum Gasteiger partial charge on any atom is 0.254 e. The second-order valence-electron chi connectivity index (χ2n) is 5.72. The molecular weight excluding hydrogens is 336 g/mol. The van der Waals surface area contributed by atoms with Crippen molar-refractivity contribution in [3.8, 4) is 5.75 Å². The van der Waals surface area contributed by atoms with Gasteiger partial charge in [0.1, 0.15) is 5.75 Å². The van der Waals surface area contributed by atoms with Crippen molar-refractivity contribution in [1.29, 1.82) is 0 Å². The molecule has 0 aliphatic heterocycles. The minimum Gasteiger partial charge on any atom is -0.496 e. The lowest BCUT2D eigenvalue weighted by Gasteiger charge is -2.12. The average molecular weight is 360 g/mol. The van der Waals surface area contributed by atoms with Gasteiger partial charge < -0.3 is 14.6 Å². The van der Waals surface area contributed by atoms with Crippen LogP contribution in [-0.2, 0) is 17.8 Å². The van der Waals surface area contributed by atoms with E-state index in [1.807, 2.05) is 19.2 Å². The Hall–Kier alpha value is -2.21. The van der Waals surface area contributed by atoms with Gasteiger partial charge in [-0.05, 0) is 43.4 Å². The molecule has 2 aromatic rings. The molecule has 2 rings (SSSR count). The largest absolute Gasteiger partial charge is 0.496 e. The van der Waals surface area contributed by atoms with Gasteiger partial charge in [-0.2, -0.15) is 0 Å². The minimum absolute atomic E-state index is 0.00634. The SMILES string of the molecule is COc1cc(C)n(CCNC(=O)CCc2ccc(SC)cc2)c(=O)c1. The van der Waals surface area contributed by atoms with Gasteiger partial charge in [0.25, 0.3) is 5.56 Å². The van der Waals surface area contributed by atoms with E-state index in [9.17, 15) is 9.59 Å². The Bertz CT molecular complexity index is 769. The molecule has 0 bridgehead atoms. The lowest BCUT2D eigenvalue weighted by molar-refractivity contribution is -0.121. The first kappa shape index (κ1) is 19.1. The quantitative estimate of drug-likeness (QED) is 0.735. The number of pyridine rings is 1. The standard InChI is InChI=1S/C19H24N2O3S/c1-14-12-16(24-2)13-19(23)21(14)11-10-20-18(22)9-6-15-4-7-17(25-3)8-5-15/h4-5,7-8,12-13H,6,9-11H2,1-3H3,(H,20,22). The predicted octanol–water partition coefficient (Wildman–Crippen LogP) is 2.64. The van der Waals surface area contributed by atoms with E-state index in [-0.39, 0.29) is 11.5 Å². The maximum atomic E-state index is 12.0. The number of nitrogens with one attached hydrogen (secondary N) is 1. The highest BCUT2D eigenvalue weighted by Crippen LogP contribution is 2.15. The zero-order chi connectivity index (χ0) is 18.2. The summed E-state index contributed by atoms with van der Waals surface area (Å²) < 4.78 is 6.71. The Morgan fingerprint density at radius 2 is 1.96 bits per heavy atom. The lowest BCUT2D eigenvalue weighted by atomic mass is 10.1. The smallest absolute Gasteiger partial charge is 0.254 e. The molecule has 0 spiro atoms. The van der Waals surface area contributed by atoms with Crippen LogP contribution in [0.1, 0.15) is 17.7 Å². The van der Waals surface area contributed by atoms with E-state index in [2.05, 4.69) is 29.6 Å². The number of nitrogens with zero attached hydrogens (tertiary/aromatic N) is 1. The van der Waals surface area contributed by atoms with Crippen LogP contribution in [0.15, 0.2) is 46.1 Å². The predicted molar refractivity (Wildman–Crippen MR) is 102 cm³/mol. The fourth-order valence-electron chi connectivity index (χ4n) is 2.55. The van der Waals surface area contributed by atoms with Crippen LogP contribution in [0.25, 0.3) is 0 Å². The fourth-order valence-corrected chi connectivity index (χ4v) is 2.96. The summed E-state index contributed by atoms with van der Waals surface area (Å²) in [5.41, 5.74) is 1.84. The number of amides is 1. The van der Waals surface area contributed by atoms with E-state index in [1.165, 1.54) is 18.1 Å². The third-order valence-corrected chi connectivity index (χ3v) is 4.75. The van der Waals surface area contributed by atoms with Gasteiger partial charge in [0, 0.05) is 36.2 Å². The van der Waals surface area contributed by atoms with Crippen LogP contribution < -0.4 is 15.6 Å². The van der Waals surface area contributed by atoms with E-state index in [0.717, 1.165) is 11.3 Å². The fraction of sp³-hybridized carbons (Fsp3) is 0.368. The molecule has 0 aliphatic carbocycles. The molecule has 1 amide bonds. The molecule has 1 aromatic heterocycles. The average Bonchev–Trinajstić information content (AvgIpc) is 2.62. The number of hydrogen-bond acceptors (Lipinski definition) is 4. The van der Waals surface area contributed by atoms with Crippen molar-refractivity contribution in [2.45, 2.75) is 31.2 Å². The number of methoxy groups -OCH3 is 1. The van der Waals surface area contributed by atoms with Crippen LogP contribution in [0.4, 0.5) is 0 Å². The number of carbonyl (C=O) groups is 1. The summed E-state index contributed by atoms with van der Waals surface area (Å²) >= 11 is 1.70. The van der Waals surface area contributed by atoms with Gasteiger partial charge in [0.15, 0.2) is 0 Å². The van der Waals surface area contributed by atoms with E-state index >= 15 is 0 Å². The second-order valence-corrected chi connectivity index (χ2v) is 6.60. The molecule has 0 unspecified atom stereocenters. The summed E-state index contributed by atoms with van der Waals surface area (Å²) in [5.74, 6) is 0.545. The van der Waals surface area contributed by atoms with Gasteiger partial charge in [-0.3, -0.25) is 9.59 Å². The van der Waals surface area contributed by atoms with Gasteiger partial charge in [-0.25, -0.2) is 0 Å². The van der Waals surface area contributed by atoms with Gasteiger partial charge in [-0.15, -0.1) is 11.8 Å². The van der Waals surface area contributed by atoms with E-state index in [0.29, 0.717) is 31.7 Å². The summed E-state index contributed by atoms with van der Waals surface area (Å²) in [7, 11) is 1.54. The van der Waals surface area contributed by atoms with Crippen LogP contribution >= 0.6 is 11.8 Å². The van der Waals surface area contributed by atoms with Crippen LogP contribution in [-0.4, -0.2) is 30.4 Å². The Morgan fingerprint density at radius 3 is 2.56 bits per heavy atom. The van der Waals surface area contributed by atoms with Gasteiger partial charge in [0.05, 0.1) is 7.11 Å². The molecule has 25 heavy (non-hydrogen) atoms. The van der Waals surface area contributed by atoms with Crippen molar-refractivity contribution >= 4 is 17.7 Å². The summed E-state index contributed by atoms with van der Waals surface area (Å²) in [5, 5.41) is 2.87. The zero-order valence-electron chi connectivity index (χ0n) is 14.9. The molecule has 0 atom stereocenters. The lowest BCUT2D eigenvalue weighted by Crippen LogP contribution is -2.31. The Balaban J connectivity index is 1.79. The van der Waals surface area contributed by atoms with E-state index in [4.69, 9.17) is 4.74 Å². The van der Waals surface area contributed by atoms with Gasteiger partial charge >= 0.3 is 0 Å².